The van der Waals surface area contributed by atoms with Gasteiger partial charge in [0, 0.05) is 30.0 Å². The van der Waals surface area contributed by atoms with Crippen molar-refractivity contribution >= 4 is 33.8 Å². The molecule has 2 aromatic carbocycles. The number of hydrogen-bond donors (Lipinski definition) is 1. The Hall–Kier alpha value is -2.74. The van der Waals surface area contributed by atoms with Crippen molar-refractivity contribution in [3.63, 3.8) is 0 Å². The molecule has 0 radical (unpaired) electrons. The van der Waals surface area contributed by atoms with Crippen molar-refractivity contribution in [2.75, 3.05) is 32.8 Å². The lowest BCUT2D eigenvalue weighted by Crippen LogP contribution is -2.50. The third-order valence-corrected chi connectivity index (χ3v) is 7.76. The Morgan fingerprint density at radius 3 is 2.73 bits per heavy atom. The highest BCUT2D eigenvalue weighted by Crippen LogP contribution is 2.37. The molecule has 7 heteroatoms. The fourth-order valence-corrected chi connectivity index (χ4v) is 5.48. The molecule has 6 nitrogen and oxygen atoms in total. The number of morpholine rings is 1. The minimum Gasteiger partial charge on any atom is -0.488 e. The first-order chi connectivity index (χ1) is 16.0. The van der Waals surface area contributed by atoms with Crippen LogP contribution in [0.5, 0.6) is 5.75 Å². The molecule has 0 saturated carbocycles. The second-order valence-corrected chi connectivity index (χ2v) is 9.80. The van der Waals surface area contributed by atoms with E-state index in [0.717, 1.165) is 46.0 Å². The molecule has 0 bridgehead atoms. The standard InChI is InChI=1S/C26H28N2O4S/c1-16(28-9-11-31-12-10-28)26(30)27-15-20-14-22-21-5-3-19(13-18(21)4-6-23(22)32-20)25-8-7-24(33-25)17(2)29/h3-8,13,16,20H,9-12,14-15H2,1-2H3,(H,27,30)/t16-,20+/m0/s1. The normalized spacial score (nSPS) is 19.2. The molecule has 2 atom stereocenters. The average molecular weight is 465 g/mol. The van der Waals surface area contributed by atoms with E-state index < -0.39 is 0 Å². The van der Waals surface area contributed by atoms with Gasteiger partial charge in [-0.1, -0.05) is 18.2 Å². The van der Waals surface area contributed by atoms with Gasteiger partial charge in [0.2, 0.25) is 5.91 Å². The lowest BCUT2D eigenvalue weighted by Gasteiger charge is -2.31. The van der Waals surface area contributed by atoms with Crippen LogP contribution in [0.2, 0.25) is 0 Å². The number of hydrogen-bond acceptors (Lipinski definition) is 6. The number of carbonyl (C=O) groups is 2. The molecule has 0 aliphatic carbocycles. The van der Waals surface area contributed by atoms with Crippen molar-refractivity contribution in [1.29, 1.82) is 0 Å². The number of benzene rings is 2. The third kappa shape index (κ3) is 4.53. The maximum absolute atomic E-state index is 12.6. The van der Waals surface area contributed by atoms with Gasteiger partial charge in [0.15, 0.2) is 5.78 Å². The van der Waals surface area contributed by atoms with Crippen LogP contribution in [0.15, 0.2) is 42.5 Å². The zero-order chi connectivity index (χ0) is 22.9. The van der Waals surface area contributed by atoms with Gasteiger partial charge in [-0.15, -0.1) is 11.3 Å². The van der Waals surface area contributed by atoms with E-state index in [-0.39, 0.29) is 23.8 Å². The minimum atomic E-state index is -0.169. The molecule has 1 saturated heterocycles. The molecule has 1 aromatic heterocycles. The zero-order valence-corrected chi connectivity index (χ0v) is 19.7. The van der Waals surface area contributed by atoms with Crippen molar-refractivity contribution in [1.82, 2.24) is 10.2 Å². The lowest BCUT2D eigenvalue weighted by atomic mass is 9.98. The number of carbonyl (C=O) groups excluding carboxylic acids is 2. The number of nitrogens with one attached hydrogen (secondary N) is 1. The van der Waals surface area contributed by atoms with Crippen LogP contribution in [0.25, 0.3) is 21.2 Å². The lowest BCUT2D eigenvalue weighted by molar-refractivity contribution is -0.127. The van der Waals surface area contributed by atoms with E-state index in [1.807, 2.05) is 25.1 Å². The second kappa shape index (κ2) is 9.25. The number of fused-ring (bicyclic) bond motifs is 3. The van der Waals surface area contributed by atoms with Gasteiger partial charge in [-0.05, 0) is 54.4 Å². The number of Topliss-reactive ketones (excluding diaryl/α,β-unsaturated/α-hetero) is 1. The Labute approximate surface area is 197 Å². The van der Waals surface area contributed by atoms with Crippen molar-refractivity contribution < 1.29 is 19.1 Å². The molecule has 172 valence electrons. The SMILES string of the molecule is CC(=O)c1ccc(-c2ccc3c4c(ccc3c2)O[C@@H](CNC(=O)[C@H](C)N2CCOCC2)C4)s1. The van der Waals surface area contributed by atoms with E-state index in [9.17, 15) is 9.59 Å². The molecule has 0 spiro atoms. The van der Waals surface area contributed by atoms with E-state index in [4.69, 9.17) is 9.47 Å². The summed E-state index contributed by atoms with van der Waals surface area (Å²) in [4.78, 5) is 28.3. The quantitative estimate of drug-likeness (QED) is 0.560. The van der Waals surface area contributed by atoms with Crippen LogP contribution < -0.4 is 10.1 Å². The molecule has 2 aliphatic rings. The van der Waals surface area contributed by atoms with Gasteiger partial charge in [-0.3, -0.25) is 14.5 Å². The van der Waals surface area contributed by atoms with Crippen LogP contribution in [-0.2, 0) is 16.0 Å². The summed E-state index contributed by atoms with van der Waals surface area (Å²) in [6.45, 7) is 6.97. The summed E-state index contributed by atoms with van der Waals surface area (Å²) in [6, 6.07) is 14.3. The maximum atomic E-state index is 12.6. The molecule has 3 heterocycles. The van der Waals surface area contributed by atoms with Crippen molar-refractivity contribution in [2.24, 2.45) is 0 Å². The summed E-state index contributed by atoms with van der Waals surface area (Å²) < 4.78 is 11.5. The first kappa shape index (κ1) is 22.1. The zero-order valence-electron chi connectivity index (χ0n) is 18.9. The predicted molar refractivity (Wildman–Crippen MR) is 130 cm³/mol. The van der Waals surface area contributed by atoms with E-state index in [1.54, 1.807) is 6.92 Å². The fourth-order valence-electron chi connectivity index (χ4n) is 4.59. The Morgan fingerprint density at radius 1 is 1.15 bits per heavy atom. The molecular formula is C26H28N2O4S. The molecule has 1 N–H and O–H groups in total. The summed E-state index contributed by atoms with van der Waals surface area (Å²) in [5.74, 6) is 1.03. The number of ether oxygens (including phenoxy) is 2. The molecule has 5 rings (SSSR count). The maximum Gasteiger partial charge on any atom is 0.237 e. The van der Waals surface area contributed by atoms with Crippen LogP contribution in [0.1, 0.15) is 29.1 Å². The van der Waals surface area contributed by atoms with Crippen LogP contribution in [0.4, 0.5) is 0 Å². The number of ketones is 1. The predicted octanol–water partition coefficient (Wildman–Crippen LogP) is 3.91. The summed E-state index contributed by atoms with van der Waals surface area (Å²) in [7, 11) is 0. The molecule has 3 aromatic rings. The van der Waals surface area contributed by atoms with Crippen molar-refractivity contribution in [3.05, 3.63) is 52.9 Å². The van der Waals surface area contributed by atoms with E-state index >= 15 is 0 Å². The topological polar surface area (TPSA) is 67.9 Å². The first-order valence-corrected chi connectivity index (χ1v) is 12.2. The number of nitrogens with zero attached hydrogens (tertiary/aromatic N) is 1. The van der Waals surface area contributed by atoms with E-state index in [0.29, 0.717) is 19.8 Å². The van der Waals surface area contributed by atoms with Gasteiger partial charge >= 0.3 is 0 Å². The highest BCUT2D eigenvalue weighted by atomic mass is 32.1. The smallest absolute Gasteiger partial charge is 0.237 e. The van der Waals surface area contributed by atoms with E-state index in [1.165, 1.54) is 22.3 Å². The van der Waals surface area contributed by atoms with Crippen LogP contribution in [-0.4, -0.2) is 61.6 Å². The number of rotatable bonds is 6. The average Bonchev–Trinajstić information content (AvgIpc) is 3.50. The van der Waals surface area contributed by atoms with Gasteiger partial charge < -0.3 is 14.8 Å². The van der Waals surface area contributed by atoms with E-state index in [2.05, 4.69) is 34.5 Å². The highest BCUT2D eigenvalue weighted by Gasteiger charge is 2.27. The number of amides is 1. The monoisotopic (exact) mass is 464 g/mol. The van der Waals surface area contributed by atoms with Crippen LogP contribution in [0.3, 0.4) is 0 Å². The molecule has 2 aliphatic heterocycles. The summed E-state index contributed by atoms with van der Waals surface area (Å²) >= 11 is 1.53. The first-order valence-electron chi connectivity index (χ1n) is 11.4. The Bertz CT molecular complexity index is 1200. The summed E-state index contributed by atoms with van der Waals surface area (Å²) in [5.41, 5.74) is 2.30. The minimum absolute atomic E-state index is 0.0341. The van der Waals surface area contributed by atoms with Gasteiger partial charge in [0.1, 0.15) is 11.9 Å². The van der Waals surface area contributed by atoms with Gasteiger partial charge in [0.25, 0.3) is 0 Å². The molecule has 33 heavy (non-hydrogen) atoms. The Morgan fingerprint density at radius 2 is 1.97 bits per heavy atom. The Kier molecular flexibility index (Phi) is 6.19. The largest absolute Gasteiger partial charge is 0.488 e. The van der Waals surface area contributed by atoms with Crippen LogP contribution in [0, 0.1) is 0 Å². The summed E-state index contributed by atoms with van der Waals surface area (Å²) in [5, 5.41) is 5.40. The Balaban J connectivity index is 1.26. The molecular weight excluding hydrogens is 436 g/mol. The van der Waals surface area contributed by atoms with Gasteiger partial charge in [-0.2, -0.15) is 0 Å². The van der Waals surface area contributed by atoms with Crippen LogP contribution >= 0.6 is 11.3 Å². The van der Waals surface area contributed by atoms with Crippen molar-refractivity contribution in [2.45, 2.75) is 32.4 Å². The highest BCUT2D eigenvalue weighted by molar-refractivity contribution is 7.17. The molecule has 0 unspecified atom stereocenters. The van der Waals surface area contributed by atoms with Crippen molar-refractivity contribution in [3.8, 4) is 16.2 Å². The fraction of sp³-hybridized carbons (Fsp3) is 0.385. The second-order valence-electron chi connectivity index (χ2n) is 8.71. The summed E-state index contributed by atoms with van der Waals surface area (Å²) in [6.07, 6.45) is 0.702. The molecule has 1 fully saturated rings. The number of thiophene rings is 1. The van der Waals surface area contributed by atoms with Gasteiger partial charge in [-0.25, -0.2) is 0 Å². The van der Waals surface area contributed by atoms with Gasteiger partial charge in [0.05, 0.1) is 30.7 Å². The molecule has 1 amide bonds. The third-order valence-electron chi connectivity index (χ3n) is 6.53.